The second kappa shape index (κ2) is 23.6. The predicted molar refractivity (Wildman–Crippen MR) is 272 cm³/mol. The van der Waals surface area contributed by atoms with Crippen LogP contribution in [-0.2, 0) is 14.9 Å². The highest BCUT2D eigenvalue weighted by Crippen LogP contribution is 2.39. The van der Waals surface area contributed by atoms with E-state index in [0.29, 0.717) is 114 Å². The van der Waals surface area contributed by atoms with Crippen LogP contribution >= 0.6 is 23.2 Å². The van der Waals surface area contributed by atoms with Crippen molar-refractivity contribution in [3.8, 4) is 23.0 Å². The van der Waals surface area contributed by atoms with Gasteiger partial charge in [0.25, 0.3) is 10.2 Å². The van der Waals surface area contributed by atoms with Crippen LogP contribution in [0.2, 0.25) is 10.0 Å². The van der Waals surface area contributed by atoms with Gasteiger partial charge in [-0.2, -0.15) is 17.4 Å². The predicted octanol–water partition coefficient (Wildman–Crippen LogP) is 9.17. The molecule has 384 valence electrons. The van der Waals surface area contributed by atoms with Gasteiger partial charge in [-0.15, -0.1) is 0 Å². The maximum Gasteiger partial charge on any atom is 0.317 e. The molecule has 2 aromatic heterocycles. The SMILES string of the molecule is COc1cc2ncnc(Nc3ccc(F)c(Cl)c3)c2cc1OC1CCC(NC(=O)N2CCOCC2)CC1.COc1cc2ncnc(Nc3ccc(F)c(Cl)c3)c2cc1OC1CCC(NS(=O)(=O)N(C)C)CC1. The number of morpholine rings is 1. The van der Waals surface area contributed by atoms with Crippen LogP contribution in [-0.4, -0.2) is 122 Å². The molecule has 0 atom stereocenters. The average Bonchev–Trinajstić information content (AvgIpc) is 3.37. The number of amides is 2. The van der Waals surface area contributed by atoms with E-state index in [4.69, 9.17) is 46.9 Å². The van der Waals surface area contributed by atoms with Gasteiger partial charge in [-0.05, 0) is 99.9 Å². The Morgan fingerprint density at radius 3 is 1.56 bits per heavy atom. The first-order chi connectivity index (χ1) is 34.7. The van der Waals surface area contributed by atoms with Crippen LogP contribution in [0, 0.1) is 11.6 Å². The molecule has 3 heterocycles. The van der Waals surface area contributed by atoms with Crippen molar-refractivity contribution in [3.05, 3.63) is 95.0 Å². The van der Waals surface area contributed by atoms with Gasteiger partial charge in [0.1, 0.15) is 35.9 Å². The number of urea groups is 1. The van der Waals surface area contributed by atoms with Crippen molar-refractivity contribution in [2.24, 2.45) is 0 Å². The van der Waals surface area contributed by atoms with Gasteiger partial charge < -0.3 is 44.5 Å². The average molecular weight is 1050 g/mol. The molecule has 18 nitrogen and oxygen atoms in total. The molecule has 0 radical (unpaired) electrons. The summed E-state index contributed by atoms with van der Waals surface area (Å²) in [6, 6.07) is 15.9. The number of fused-ring (bicyclic) bond motifs is 2. The largest absolute Gasteiger partial charge is 0.493 e. The molecule has 0 spiro atoms. The summed E-state index contributed by atoms with van der Waals surface area (Å²) in [6.45, 7) is 2.42. The van der Waals surface area contributed by atoms with Crippen LogP contribution < -0.4 is 39.6 Å². The Kier molecular flexibility index (Phi) is 17.1. The summed E-state index contributed by atoms with van der Waals surface area (Å²) in [5, 5.41) is 10.9. The van der Waals surface area contributed by atoms with Crippen molar-refractivity contribution in [3.63, 3.8) is 0 Å². The Hall–Kier alpha value is -6.10. The van der Waals surface area contributed by atoms with E-state index >= 15 is 0 Å². The molecule has 4 aromatic carbocycles. The lowest BCUT2D eigenvalue weighted by Crippen LogP contribution is -2.50. The second-order valence-corrected chi connectivity index (χ2v) is 20.4. The monoisotopic (exact) mass is 1050 g/mol. The topological polar surface area (TPSA) is 204 Å². The number of aromatic nitrogens is 4. The summed E-state index contributed by atoms with van der Waals surface area (Å²) < 4.78 is 84.3. The molecule has 2 amide bonds. The first-order valence-corrected chi connectivity index (χ1v) is 25.6. The van der Waals surface area contributed by atoms with E-state index in [1.807, 2.05) is 18.2 Å². The van der Waals surface area contributed by atoms with Crippen LogP contribution in [0.25, 0.3) is 21.8 Å². The number of benzene rings is 4. The molecule has 2 aliphatic carbocycles. The van der Waals surface area contributed by atoms with E-state index < -0.39 is 21.8 Å². The van der Waals surface area contributed by atoms with Gasteiger partial charge in [-0.1, -0.05) is 23.2 Å². The standard InChI is InChI=1S/C26H29ClFN5O4.C23H27ClFN5O4S/c1-35-23-14-22-19(25(30-15-29-22)31-17-4-7-21(28)20(27)12-17)13-24(23)37-18-5-2-16(3-6-18)32-26(34)33-8-10-36-11-9-33;1-30(2)35(31,32)29-14-4-7-16(8-5-14)34-22-11-17-20(12-21(22)33-3)26-13-27-23(17)28-15-6-9-19(25)18(24)10-15/h4,7,12-16,18H,2-3,5-6,8-11H2,1H3,(H,32,34)(H,29,30,31);6,9-14,16,29H,4-5,7-8H2,1-3H3,(H,26,27,28). The van der Waals surface area contributed by atoms with Crippen molar-refractivity contribution in [2.45, 2.75) is 75.7 Å². The van der Waals surface area contributed by atoms with Gasteiger partial charge >= 0.3 is 6.03 Å². The Labute approximate surface area is 426 Å². The summed E-state index contributed by atoms with van der Waals surface area (Å²) in [4.78, 5) is 31.7. The van der Waals surface area contributed by atoms with Crippen molar-refractivity contribution < 1.29 is 45.7 Å². The summed E-state index contributed by atoms with van der Waals surface area (Å²) in [5.74, 6) is 2.27. The third kappa shape index (κ3) is 13.1. The number of ether oxygens (including phenoxy) is 5. The Bertz CT molecular complexity index is 2980. The fourth-order valence-electron chi connectivity index (χ4n) is 8.58. The van der Waals surface area contributed by atoms with Crippen molar-refractivity contribution >= 4 is 84.3 Å². The zero-order valence-corrected chi connectivity index (χ0v) is 42.4. The molecule has 0 unspecified atom stereocenters. The molecule has 0 bridgehead atoms. The highest BCUT2D eigenvalue weighted by Gasteiger charge is 2.29. The van der Waals surface area contributed by atoms with Gasteiger partial charge in [0.05, 0.1) is 60.7 Å². The van der Waals surface area contributed by atoms with Crippen molar-refractivity contribution in [2.75, 3.05) is 65.3 Å². The molecular formula is C49H56Cl2F2N10O8S. The van der Waals surface area contributed by atoms with Crippen molar-refractivity contribution in [1.82, 2.24) is 39.2 Å². The summed E-state index contributed by atoms with van der Waals surface area (Å²) >= 11 is 11.8. The minimum Gasteiger partial charge on any atom is -0.493 e. The molecular weight excluding hydrogens is 998 g/mol. The number of methoxy groups -OCH3 is 2. The van der Waals surface area contributed by atoms with Crippen LogP contribution in [0.4, 0.5) is 36.6 Å². The van der Waals surface area contributed by atoms with Crippen molar-refractivity contribution in [1.29, 1.82) is 0 Å². The van der Waals surface area contributed by atoms with E-state index in [0.717, 1.165) is 31.1 Å². The molecule has 6 aromatic rings. The lowest BCUT2D eigenvalue weighted by Gasteiger charge is -2.33. The third-order valence-corrected chi connectivity index (χ3v) is 14.7. The van der Waals surface area contributed by atoms with Gasteiger partial charge in [0.2, 0.25) is 0 Å². The highest BCUT2D eigenvalue weighted by atomic mass is 35.5. The summed E-state index contributed by atoms with van der Waals surface area (Å²) in [6.07, 6.45) is 8.73. The van der Waals surface area contributed by atoms with E-state index in [2.05, 4.69) is 40.6 Å². The van der Waals surface area contributed by atoms with Gasteiger partial charge in [0, 0.05) is 73.5 Å². The normalized spacial score (nSPS) is 19.3. The smallest absolute Gasteiger partial charge is 0.317 e. The number of nitrogens with one attached hydrogen (secondary N) is 4. The maximum atomic E-state index is 13.6. The number of anilines is 4. The van der Waals surface area contributed by atoms with E-state index in [1.165, 1.54) is 55.3 Å². The summed E-state index contributed by atoms with van der Waals surface area (Å²) in [7, 11) is 2.68. The quantitative estimate of drug-likeness (QED) is 0.0804. The minimum absolute atomic E-state index is 0.00234. The fraction of sp³-hybridized carbons (Fsp3) is 0.408. The third-order valence-electron chi connectivity index (χ3n) is 12.6. The number of nitrogens with zero attached hydrogens (tertiary/aromatic N) is 6. The minimum atomic E-state index is -3.47. The highest BCUT2D eigenvalue weighted by molar-refractivity contribution is 7.87. The molecule has 72 heavy (non-hydrogen) atoms. The molecule has 1 saturated heterocycles. The lowest BCUT2D eigenvalue weighted by molar-refractivity contribution is 0.0514. The van der Waals surface area contributed by atoms with Crippen LogP contribution in [0.3, 0.4) is 0 Å². The van der Waals surface area contributed by atoms with Gasteiger partial charge in [0.15, 0.2) is 23.0 Å². The maximum absolute atomic E-state index is 13.6. The molecule has 2 saturated carbocycles. The van der Waals surface area contributed by atoms with Gasteiger partial charge in [-0.25, -0.2) is 33.5 Å². The Morgan fingerprint density at radius 2 is 1.12 bits per heavy atom. The molecule has 3 aliphatic rings. The number of rotatable bonds is 14. The number of carbonyl (C=O) groups is 1. The van der Waals surface area contributed by atoms with Crippen LogP contribution in [0.5, 0.6) is 23.0 Å². The molecule has 1 aliphatic heterocycles. The molecule has 4 N–H and O–H groups in total. The Balaban J connectivity index is 0.000000193. The summed E-state index contributed by atoms with van der Waals surface area (Å²) in [5.41, 5.74) is 2.49. The van der Waals surface area contributed by atoms with Crippen LogP contribution in [0.1, 0.15) is 51.4 Å². The number of halogens is 4. The number of carbonyl (C=O) groups excluding carboxylic acids is 1. The molecule has 3 fully saturated rings. The lowest BCUT2D eigenvalue weighted by atomic mass is 9.93. The van der Waals surface area contributed by atoms with Crippen LogP contribution in [0.15, 0.2) is 73.3 Å². The van der Waals surface area contributed by atoms with E-state index in [9.17, 15) is 22.0 Å². The van der Waals surface area contributed by atoms with E-state index in [-0.39, 0.29) is 40.4 Å². The fourth-order valence-corrected chi connectivity index (χ4v) is 9.81. The zero-order valence-electron chi connectivity index (χ0n) is 40.1. The molecule has 23 heteroatoms. The number of hydrogen-bond acceptors (Lipinski definition) is 14. The molecule has 9 rings (SSSR count). The first-order valence-electron chi connectivity index (χ1n) is 23.4. The number of hydrogen-bond donors (Lipinski definition) is 4. The second-order valence-electron chi connectivity index (χ2n) is 17.6. The first kappa shape index (κ1) is 52.2. The Morgan fingerprint density at radius 1 is 0.667 bits per heavy atom. The zero-order chi connectivity index (χ0) is 50.9. The van der Waals surface area contributed by atoms with Gasteiger partial charge in [-0.3, -0.25) is 0 Å². The van der Waals surface area contributed by atoms with E-state index in [1.54, 1.807) is 37.3 Å².